The number of carbonyl (C=O) groups excluding carboxylic acids is 2. The van der Waals surface area contributed by atoms with Gasteiger partial charge >= 0.3 is 17.7 Å². The van der Waals surface area contributed by atoms with Crippen molar-refractivity contribution in [3.05, 3.63) is 99.6 Å². The minimum absolute atomic E-state index is 0.00769. The maximum Gasteiger partial charge on any atom is 0.419 e. The Balaban J connectivity index is 0.000000251. The van der Waals surface area contributed by atoms with E-state index in [0.717, 1.165) is 11.1 Å². The highest BCUT2D eigenvalue weighted by Gasteiger charge is 2.19. The summed E-state index contributed by atoms with van der Waals surface area (Å²) in [7, 11) is 2.96. The number of imidazole rings is 1. The number of fused-ring (bicyclic) bond motifs is 2. The highest BCUT2D eigenvalue weighted by Crippen LogP contribution is 2.20. The number of methoxy groups -OCH3 is 1. The van der Waals surface area contributed by atoms with E-state index in [0.29, 0.717) is 16.7 Å². The van der Waals surface area contributed by atoms with Crippen molar-refractivity contribution < 1.29 is 28.6 Å². The number of hydrogen-bond acceptors (Lipinski definition) is 9. The lowest BCUT2D eigenvalue weighted by molar-refractivity contribution is 0.0599. The smallest absolute Gasteiger partial charge is 0.419 e. The Kier molecular flexibility index (Phi) is 8.29. The van der Waals surface area contributed by atoms with Gasteiger partial charge in [-0.05, 0) is 49.2 Å². The first kappa shape index (κ1) is 28.7. The van der Waals surface area contributed by atoms with Crippen LogP contribution in [0.15, 0.2) is 70.1 Å². The molecule has 0 saturated carbocycles. The zero-order valence-electron chi connectivity index (χ0n) is 22.7. The molecule has 13 heteroatoms. The number of aromatic carboxylic acids is 1. The fraction of sp³-hybridized carbons (Fsp3) is 0.214. The molecule has 3 heterocycles. The number of esters is 1. The van der Waals surface area contributed by atoms with Gasteiger partial charge in [0, 0.05) is 31.5 Å². The number of oxazole rings is 1. The fourth-order valence-electron chi connectivity index (χ4n) is 3.99. The Morgan fingerprint density at radius 3 is 2.39 bits per heavy atom. The van der Waals surface area contributed by atoms with E-state index in [-0.39, 0.29) is 29.2 Å². The zero-order chi connectivity index (χ0) is 29.8. The lowest BCUT2D eigenvalue weighted by atomic mass is 10.1. The third kappa shape index (κ3) is 6.15. The van der Waals surface area contributed by atoms with Crippen molar-refractivity contribution in [2.24, 2.45) is 12.8 Å². The number of ether oxygens (including phenoxy) is 1. The predicted octanol–water partition coefficient (Wildman–Crippen LogP) is 2.86. The second kappa shape index (κ2) is 11.8. The van der Waals surface area contributed by atoms with E-state index in [9.17, 15) is 24.3 Å². The van der Waals surface area contributed by atoms with Gasteiger partial charge in [-0.3, -0.25) is 13.8 Å². The molecular formula is C28H28N6O7. The first-order valence-corrected chi connectivity index (χ1v) is 12.4. The number of amides is 1. The maximum absolute atomic E-state index is 12.6. The summed E-state index contributed by atoms with van der Waals surface area (Å²) in [6.07, 6.45) is 2.87. The molecule has 5 rings (SSSR count). The quantitative estimate of drug-likeness (QED) is 0.261. The van der Waals surface area contributed by atoms with Crippen molar-refractivity contribution in [3.63, 3.8) is 0 Å². The molecule has 0 unspecified atom stereocenters. The van der Waals surface area contributed by atoms with Crippen LogP contribution in [0.4, 0.5) is 0 Å². The van der Waals surface area contributed by atoms with Gasteiger partial charge in [0.25, 0.3) is 5.91 Å². The molecule has 5 aromatic rings. The molecule has 13 nitrogen and oxygen atoms in total. The van der Waals surface area contributed by atoms with E-state index >= 15 is 0 Å². The summed E-state index contributed by atoms with van der Waals surface area (Å²) in [6.45, 7) is 3.66. The van der Waals surface area contributed by atoms with Gasteiger partial charge in [0.2, 0.25) is 5.78 Å². The van der Waals surface area contributed by atoms with Crippen molar-refractivity contribution in [3.8, 4) is 0 Å². The monoisotopic (exact) mass is 560 g/mol. The largest absolute Gasteiger partial charge is 0.477 e. The Morgan fingerprint density at radius 2 is 1.76 bits per heavy atom. The number of aryl methyl sites for hydroxylation is 1. The number of carbonyl (C=O) groups is 3. The molecule has 212 valence electrons. The first-order valence-electron chi connectivity index (χ1n) is 12.4. The summed E-state index contributed by atoms with van der Waals surface area (Å²) in [5, 5.41) is 12.1. The van der Waals surface area contributed by atoms with Crippen LogP contribution in [-0.4, -0.2) is 49.0 Å². The molecule has 1 amide bonds. The molecule has 0 aliphatic carbocycles. The predicted molar refractivity (Wildman–Crippen MR) is 148 cm³/mol. The van der Waals surface area contributed by atoms with Crippen LogP contribution in [0.5, 0.6) is 0 Å². The normalized spacial score (nSPS) is 12.3. The van der Waals surface area contributed by atoms with Gasteiger partial charge in [-0.1, -0.05) is 18.2 Å². The van der Waals surface area contributed by atoms with Crippen LogP contribution in [-0.2, 0) is 11.8 Å². The van der Waals surface area contributed by atoms with E-state index in [2.05, 4.69) is 20.0 Å². The number of hydrogen-bond donors (Lipinski definition) is 3. The van der Waals surface area contributed by atoms with Gasteiger partial charge < -0.3 is 25.3 Å². The molecular weight excluding hydrogens is 532 g/mol. The van der Waals surface area contributed by atoms with Crippen molar-refractivity contribution in [2.45, 2.75) is 25.9 Å². The van der Waals surface area contributed by atoms with Gasteiger partial charge in [-0.2, -0.15) is 0 Å². The van der Waals surface area contributed by atoms with Crippen molar-refractivity contribution in [1.29, 1.82) is 0 Å². The van der Waals surface area contributed by atoms with Crippen LogP contribution in [0.3, 0.4) is 0 Å². The number of carboxylic acid groups (broad SMARTS) is 1. The van der Waals surface area contributed by atoms with E-state index in [1.807, 2.05) is 19.1 Å². The summed E-state index contributed by atoms with van der Waals surface area (Å²) >= 11 is 0. The third-order valence-corrected chi connectivity index (χ3v) is 6.35. The Morgan fingerprint density at radius 1 is 1.07 bits per heavy atom. The molecule has 0 aliphatic heterocycles. The number of nitrogens with zero attached hydrogens (tertiary/aromatic N) is 4. The average molecular weight is 561 g/mol. The number of nitrogens with one attached hydrogen (secondary N) is 1. The maximum atomic E-state index is 12.6. The van der Waals surface area contributed by atoms with E-state index < -0.39 is 23.7 Å². The molecule has 0 fully saturated rings. The highest BCUT2D eigenvalue weighted by molar-refractivity contribution is 5.96. The van der Waals surface area contributed by atoms with Crippen LogP contribution in [0.1, 0.15) is 68.4 Å². The lowest BCUT2D eigenvalue weighted by Crippen LogP contribution is -2.28. The van der Waals surface area contributed by atoms with E-state index in [1.54, 1.807) is 44.3 Å². The van der Waals surface area contributed by atoms with E-state index in [1.165, 1.54) is 34.5 Å². The number of rotatable bonds is 6. The van der Waals surface area contributed by atoms with Gasteiger partial charge in [-0.15, -0.1) is 0 Å². The van der Waals surface area contributed by atoms with Gasteiger partial charge in [0.1, 0.15) is 11.4 Å². The molecule has 0 spiro atoms. The molecule has 41 heavy (non-hydrogen) atoms. The summed E-state index contributed by atoms with van der Waals surface area (Å²) in [5.74, 6) is -2.41. The standard InChI is InChI=1S/C18H15N5O5.C10H13NO2/c1-9(10-3-4-14-12(7-10)22(2)18(27)28-14)20-15(24)11-8-13(16(25)26)23-6-5-19-17(23)21-11;1-7(11)8-3-5-9(6-4-8)10(12)13-2/h3-9H,1-2H3,(H,20,24)(H,25,26);3-7H,11H2,1-2H3/t9-;7-/m01/s1. The Bertz CT molecular complexity index is 1800. The number of carboxylic acids is 1. The lowest BCUT2D eigenvalue weighted by Gasteiger charge is -2.14. The molecule has 0 saturated heterocycles. The number of nitrogens with two attached hydrogens (primary N) is 1. The topological polar surface area (TPSA) is 184 Å². The zero-order valence-corrected chi connectivity index (χ0v) is 22.7. The number of aromatic nitrogens is 4. The summed E-state index contributed by atoms with van der Waals surface area (Å²) in [5.41, 5.74) is 8.84. The van der Waals surface area contributed by atoms with Gasteiger partial charge in [0.05, 0.1) is 24.2 Å². The molecule has 0 aliphatic rings. The molecule has 2 aromatic carbocycles. The van der Waals surface area contributed by atoms with E-state index in [4.69, 9.17) is 10.2 Å². The second-order valence-corrected chi connectivity index (χ2v) is 9.18. The molecule has 0 bridgehead atoms. The molecule has 2 atom stereocenters. The minimum Gasteiger partial charge on any atom is -0.477 e. The molecule has 3 aromatic heterocycles. The minimum atomic E-state index is -1.20. The van der Waals surface area contributed by atoms with Crippen LogP contribution >= 0.6 is 0 Å². The van der Waals surface area contributed by atoms with Crippen LogP contribution in [0.2, 0.25) is 0 Å². The molecule has 4 N–H and O–H groups in total. The summed E-state index contributed by atoms with van der Waals surface area (Å²) in [6, 6.07) is 13.0. The van der Waals surface area contributed by atoms with Crippen molar-refractivity contribution in [2.75, 3.05) is 7.11 Å². The molecule has 0 radical (unpaired) electrons. The third-order valence-electron chi connectivity index (χ3n) is 6.35. The van der Waals surface area contributed by atoms with Crippen molar-refractivity contribution >= 4 is 34.7 Å². The number of benzene rings is 2. The summed E-state index contributed by atoms with van der Waals surface area (Å²) < 4.78 is 12.3. The Hall–Kier alpha value is -5.30. The van der Waals surface area contributed by atoms with Gasteiger partial charge in [-0.25, -0.2) is 24.4 Å². The highest BCUT2D eigenvalue weighted by atomic mass is 16.5. The van der Waals surface area contributed by atoms with Crippen LogP contribution < -0.4 is 16.8 Å². The summed E-state index contributed by atoms with van der Waals surface area (Å²) in [4.78, 5) is 54.8. The second-order valence-electron chi connectivity index (χ2n) is 9.18. The van der Waals surface area contributed by atoms with Crippen LogP contribution in [0.25, 0.3) is 16.9 Å². The SMILES string of the molecule is COC(=O)c1ccc([C@@H](C)N)cc1.C[C@H](NC(=O)c1cc(C(=O)O)n2ccnc2n1)c1ccc2oc(=O)n(C)c2c1. The van der Waals surface area contributed by atoms with Crippen LogP contribution in [0, 0.1) is 0 Å². The first-order chi connectivity index (χ1) is 19.5. The average Bonchev–Trinajstić information content (AvgIpc) is 3.55. The van der Waals surface area contributed by atoms with Gasteiger partial charge in [0.15, 0.2) is 5.58 Å². The Labute approximate surface area is 233 Å². The van der Waals surface area contributed by atoms with Crippen molar-refractivity contribution in [1.82, 2.24) is 24.3 Å². The fourth-order valence-corrected chi connectivity index (χ4v) is 3.99.